The van der Waals surface area contributed by atoms with E-state index in [4.69, 9.17) is 9.47 Å². The lowest BCUT2D eigenvalue weighted by Gasteiger charge is -2.26. The molecule has 1 N–H and O–H groups in total. The van der Waals surface area contributed by atoms with E-state index in [2.05, 4.69) is 63.3 Å². The Kier molecular flexibility index (Phi) is 7.58. The molecule has 27 heavy (non-hydrogen) atoms. The van der Waals surface area contributed by atoms with Gasteiger partial charge in [-0.25, -0.2) is 0 Å². The first-order valence-electron chi connectivity index (χ1n) is 9.96. The lowest BCUT2D eigenvalue weighted by molar-refractivity contribution is 0.242. The fourth-order valence-corrected chi connectivity index (χ4v) is 2.98. The average molecular weight is 370 g/mol. The Labute approximate surface area is 165 Å². The molecule has 0 heterocycles. The van der Waals surface area contributed by atoms with E-state index in [0.717, 1.165) is 43.2 Å². The zero-order chi connectivity index (χ0) is 19.9. The van der Waals surface area contributed by atoms with Crippen molar-refractivity contribution in [3.63, 3.8) is 0 Å². The smallest absolute Gasteiger partial charge is 0.122 e. The Hall–Kier alpha value is -2.16. The van der Waals surface area contributed by atoms with Crippen molar-refractivity contribution in [2.24, 2.45) is 5.41 Å². The first kappa shape index (κ1) is 21.1. The molecule has 2 rings (SSSR count). The van der Waals surface area contributed by atoms with E-state index in [9.17, 15) is 0 Å². The summed E-state index contributed by atoms with van der Waals surface area (Å²) in [6.45, 7) is 14.6. The van der Waals surface area contributed by atoms with Gasteiger partial charge in [0.1, 0.15) is 11.5 Å². The molecular weight excluding hydrogens is 334 g/mol. The number of aryl methyl sites for hydroxylation is 2. The Morgan fingerprint density at radius 1 is 1.04 bits per heavy atom. The van der Waals surface area contributed by atoms with Crippen LogP contribution in [0.5, 0.6) is 11.5 Å². The van der Waals surface area contributed by atoms with Crippen LogP contribution in [0.1, 0.15) is 51.7 Å². The lowest BCUT2D eigenvalue weighted by Crippen LogP contribution is -2.23. The predicted octanol–water partition coefficient (Wildman–Crippen LogP) is 6.39. The minimum absolute atomic E-state index is 0.189. The number of nitrogens with one attached hydrogen (secondary N) is 1. The van der Waals surface area contributed by atoms with E-state index in [0.29, 0.717) is 0 Å². The standard InChI is InChI=1S/C24H35NO2/c1-18(2)27-22-10-7-9-21(16-22)25-17-24(5,6)13-8-14-26-23-15-19(3)11-12-20(23)4/h7,9-12,15-16,18,25H,8,13-14,17H2,1-6H3. The molecule has 3 nitrogen and oxygen atoms in total. The van der Waals surface area contributed by atoms with Crippen molar-refractivity contribution in [2.45, 2.75) is 60.5 Å². The molecule has 0 saturated heterocycles. The molecule has 2 aromatic rings. The second-order valence-corrected chi connectivity index (χ2v) is 8.43. The topological polar surface area (TPSA) is 30.5 Å². The normalized spacial score (nSPS) is 11.5. The van der Waals surface area contributed by atoms with Crippen LogP contribution in [0.3, 0.4) is 0 Å². The number of hydrogen-bond acceptors (Lipinski definition) is 3. The number of benzene rings is 2. The summed E-state index contributed by atoms with van der Waals surface area (Å²) in [5.41, 5.74) is 3.74. The minimum atomic E-state index is 0.189. The van der Waals surface area contributed by atoms with Gasteiger partial charge in [-0.15, -0.1) is 0 Å². The zero-order valence-corrected chi connectivity index (χ0v) is 17.8. The van der Waals surface area contributed by atoms with Crippen molar-refractivity contribution in [3.05, 3.63) is 53.6 Å². The Morgan fingerprint density at radius 2 is 1.81 bits per heavy atom. The van der Waals surface area contributed by atoms with Crippen LogP contribution in [-0.2, 0) is 0 Å². The summed E-state index contributed by atoms with van der Waals surface area (Å²) in [6, 6.07) is 14.6. The molecule has 0 aliphatic heterocycles. The molecule has 0 amide bonds. The average Bonchev–Trinajstić information content (AvgIpc) is 2.60. The second kappa shape index (κ2) is 9.68. The van der Waals surface area contributed by atoms with Crippen LogP contribution in [-0.4, -0.2) is 19.3 Å². The maximum Gasteiger partial charge on any atom is 0.122 e. The van der Waals surface area contributed by atoms with E-state index in [1.807, 2.05) is 26.0 Å². The molecule has 0 bridgehead atoms. The molecule has 2 aromatic carbocycles. The maximum absolute atomic E-state index is 5.99. The van der Waals surface area contributed by atoms with Crippen LogP contribution < -0.4 is 14.8 Å². The van der Waals surface area contributed by atoms with Gasteiger partial charge in [0.05, 0.1) is 12.7 Å². The van der Waals surface area contributed by atoms with Gasteiger partial charge in [-0.1, -0.05) is 32.0 Å². The highest BCUT2D eigenvalue weighted by Gasteiger charge is 2.17. The summed E-state index contributed by atoms with van der Waals surface area (Å²) < 4.78 is 11.8. The molecule has 0 radical (unpaired) electrons. The van der Waals surface area contributed by atoms with Gasteiger partial charge in [0, 0.05) is 18.3 Å². The molecule has 0 saturated carbocycles. The molecule has 0 aliphatic carbocycles. The van der Waals surface area contributed by atoms with Crippen LogP contribution >= 0.6 is 0 Å². The third-order valence-corrected chi connectivity index (χ3v) is 4.58. The van der Waals surface area contributed by atoms with Crippen molar-refractivity contribution >= 4 is 5.69 Å². The van der Waals surface area contributed by atoms with Crippen LogP contribution in [0.4, 0.5) is 5.69 Å². The van der Waals surface area contributed by atoms with Gasteiger partial charge in [-0.2, -0.15) is 0 Å². The molecule has 0 fully saturated rings. The highest BCUT2D eigenvalue weighted by molar-refractivity contribution is 5.48. The van der Waals surface area contributed by atoms with E-state index >= 15 is 0 Å². The summed E-state index contributed by atoms with van der Waals surface area (Å²) in [4.78, 5) is 0. The SMILES string of the molecule is Cc1ccc(C)c(OCCCC(C)(C)CNc2cccc(OC(C)C)c2)c1. The third kappa shape index (κ3) is 7.54. The Morgan fingerprint density at radius 3 is 2.56 bits per heavy atom. The number of ether oxygens (including phenoxy) is 2. The minimum Gasteiger partial charge on any atom is -0.493 e. The summed E-state index contributed by atoms with van der Waals surface area (Å²) in [5, 5.41) is 3.55. The molecular formula is C24H35NO2. The van der Waals surface area contributed by atoms with Crippen molar-refractivity contribution in [2.75, 3.05) is 18.5 Å². The number of rotatable bonds is 10. The summed E-state index contributed by atoms with van der Waals surface area (Å²) in [6.07, 6.45) is 2.33. The summed E-state index contributed by atoms with van der Waals surface area (Å²) in [5.74, 6) is 1.92. The molecule has 0 spiro atoms. The van der Waals surface area contributed by atoms with Gasteiger partial charge in [0.25, 0.3) is 0 Å². The predicted molar refractivity (Wildman–Crippen MR) is 115 cm³/mol. The van der Waals surface area contributed by atoms with E-state index in [1.54, 1.807) is 0 Å². The lowest BCUT2D eigenvalue weighted by atomic mass is 9.88. The quantitative estimate of drug-likeness (QED) is 0.492. The molecule has 0 atom stereocenters. The third-order valence-electron chi connectivity index (χ3n) is 4.58. The molecule has 0 aromatic heterocycles. The summed E-state index contributed by atoms with van der Waals surface area (Å²) >= 11 is 0. The van der Waals surface area contributed by atoms with Crippen LogP contribution in [0.2, 0.25) is 0 Å². The molecule has 0 aliphatic rings. The van der Waals surface area contributed by atoms with E-state index in [1.165, 1.54) is 11.1 Å². The zero-order valence-electron chi connectivity index (χ0n) is 17.8. The van der Waals surface area contributed by atoms with Gasteiger partial charge in [-0.3, -0.25) is 0 Å². The molecule has 3 heteroatoms. The van der Waals surface area contributed by atoms with Gasteiger partial charge in [0.2, 0.25) is 0 Å². The highest BCUT2D eigenvalue weighted by atomic mass is 16.5. The molecule has 0 unspecified atom stereocenters. The van der Waals surface area contributed by atoms with E-state index in [-0.39, 0.29) is 11.5 Å². The maximum atomic E-state index is 5.99. The van der Waals surface area contributed by atoms with Gasteiger partial charge >= 0.3 is 0 Å². The highest BCUT2D eigenvalue weighted by Crippen LogP contribution is 2.26. The second-order valence-electron chi connectivity index (χ2n) is 8.43. The first-order chi connectivity index (χ1) is 12.7. The Bertz CT molecular complexity index is 722. The monoisotopic (exact) mass is 369 g/mol. The van der Waals surface area contributed by atoms with Crippen molar-refractivity contribution in [3.8, 4) is 11.5 Å². The van der Waals surface area contributed by atoms with E-state index < -0.39 is 0 Å². The fraction of sp³-hybridized carbons (Fsp3) is 0.500. The first-order valence-corrected chi connectivity index (χ1v) is 9.96. The van der Waals surface area contributed by atoms with Crippen molar-refractivity contribution in [1.29, 1.82) is 0 Å². The van der Waals surface area contributed by atoms with Crippen molar-refractivity contribution < 1.29 is 9.47 Å². The van der Waals surface area contributed by atoms with Crippen molar-refractivity contribution in [1.82, 2.24) is 0 Å². The number of hydrogen-bond donors (Lipinski definition) is 1. The Balaban J connectivity index is 1.77. The van der Waals surface area contributed by atoms with Crippen LogP contribution in [0.25, 0.3) is 0 Å². The van der Waals surface area contributed by atoms with Gasteiger partial charge < -0.3 is 14.8 Å². The number of anilines is 1. The van der Waals surface area contributed by atoms with Gasteiger partial charge in [-0.05, 0) is 75.3 Å². The molecule has 148 valence electrons. The van der Waals surface area contributed by atoms with Crippen LogP contribution in [0, 0.1) is 19.3 Å². The van der Waals surface area contributed by atoms with Crippen LogP contribution in [0.15, 0.2) is 42.5 Å². The fourth-order valence-electron chi connectivity index (χ4n) is 2.98. The summed E-state index contributed by atoms with van der Waals surface area (Å²) in [7, 11) is 0. The largest absolute Gasteiger partial charge is 0.493 e. The van der Waals surface area contributed by atoms with Gasteiger partial charge in [0.15, 0.2) is 0 Å².